The molecule has 1 N–H and O–H groups in total. The number of likely N-dealkylation sites (tertiary alicyclic amines) is 1. The Balaban J connectivity index is 1.33. The van der Waals surface area contributed by atoms with Gasteiger partial charge < -0.3 is 23.9 Å². The van der Waals surface area contributed by atoms with Gasteiger partial charge in [-0.25, -0.2) is 14.8 Å². The highest BCUT2D eigenvalue weighted by atomic mass is 16.5. The SMILES string of the molecule is COc1cccc(CNC(=O)N2CCC(n3c(-c4ccco4)nc4cccnc43)C2)c1. The van der Waals surface area contributed by atoms with Crippen LogP contribution in [-0.4, -0.2) is 45.7 Å². The molecule has 8 nitrogen and oxygen atoms in total. The van der Waals surface area contributed by atoms with E-state index in [1.54, 1.807) is 19.6 Å². The van der Waals surface area contributed by atoms with Crippen LogP contribution >= 0.6 is 0 Å². The van der Waals surface area contributed by atoms with Crippen molar-refractivity contribution in [3.63, 3.8) is 0 Å². The van der Waals surface area contributed by atoms with Gasteiger partial charge >= 0.3 is 6.03 Å². The molecule has 1 unspecified atom stereocenters. The summed E-state index contributed by atoms with van der Waals surface area (Å²) in [5.74, 6) is 2.21. The van der Waals surface area contributed by atoms with Crippen molar-refractivity contribution in [1.82, 2.24) is 24.8 Å². The molecule has 8 heteroatoms. The van der Waals surface area contributed by atoms with Gasteiger partial charge in [-0.2, -0.15) is 0 Å². The number of fused-ring (bicyclic) bond motifs is 1. The molecule has 1 fully saturated rings. The molecular weight excluding hydrogens is 394 g/mol. The Morgan fingerprint density at radius 3 is 3.03 bits per heavy atom. The van der Waals surface area contributed by atoms with Crippen LogP contribution in [0.25, 0.3) is 22.7 Å². The third kappa shape index (κ3) is 3.72. The van der Waals surface area contributed by atoms with Crippen LogP contribution in [0.15, 0.2) is 65.4 Å². The van der Waals surface area contributed by atoms with Crippen molar-refractivity contribution in [2.45, 2.75) is 19.0 Å². The minimum absolute atomic E-state index is 0.0718. The topological polar surface area (TPSA) is 85.4 Å². The van der Waals surface area contributed by atoms with Crippen molar-refractivity contribution >= 4 is 17.2 Å². The number of aromatic nitrogens is 3. The van der Waals surface area contributed by atoms with E-state index in [2.05, 4.69) is 14.9 Å². The van der Waals surface area contributed by atoms with Crippen molar-refractivity contribution in [1.29, 1.82) is 0 Å². The van der Waals surface area contributed by atoms with Gasteiger partial charge in [0.25, 0.3) is 0 Å². The molecule has 3 aromatic heterocycles. The number of nitrogens with one attached hydrogen (secondary N) is 1. The number of carbonyl (C=O) groups is 1. The molecule has 1 atom stereocenters. The summed E-state index contributed by atoms with van der Waals surface area (Å²) in [5, 5.41) is 3.01. The second-order valence-corrected chi connectivity index (χ2v) is 7.53. The zero-order chi connectivity index (χ0) is 21.2. The monoisotopic (exact) mass is 417 g/mol. The van der Waals surface area contributed by atoms with E-state index in [0.29, 0.717) is 25.4 Å². The number of amides is 2. The van der Waals surface area contributed by atoms with Gasteiger partial charge in [-0.3, -0.25) is 0 Å². The summed E-state index contributed by atoms with van der Waals surface area (Å²) in [6.45, 7) is 1.70. The molecule has 1 aromatic carbocycles. The first-order chi connectivity index (χ1) is 15.2. The van der Waals surface area contributed by atoms with Crippen LogP contribution in [0.3, 0.4) is 0 Å². The fourth-order valence-electron chi connectivity index (χ4n) is 4.06. The molecule has 0 spiro atoms. The predicted molar refractivity (Wildman–Crippen MR) is 116 cm³/mol. The lowest BCUT2D eigenvalue weighted by Gasteiger charge is -2.19. The van der Waals surface area contributed by atoms with Crippen molar-refractivity contribution < 1.29 is 13.9 Å². The largest absolute Gasteiger partial charge is 0.497 e. The molecule has 31 heavy (non-hydrogen) atoms. The summed E-state index contributed by atoms with van der Waals surface area (Å²) in [6.07, 6.45) is 4.22. The van der Waals surface area contributed by atoms with E-state index < -0.39 is 0 Å². The molecule has 4 aromatic rings. The first-order valence-electron chi connectivity index (χ1n) is 10.3. The highest BCUT2D eigenvalue weighted by molar-refractivity contribution is 5.77. The third-order valence-electron chi connectivity index (χ3n) is 5.58. The molecule has 0 saturated carbocycles. The van der Waals surface area contributed by atoms with E-state index >= 15 is 0 Å². The Hall–Kier alpha value is -3.81. The maximum absolute atomic E-state index is 12.8. The Kier molecular flexibility index (Phi) is 5.03. The van der Waals surface area contributed by atoms with Crippen LogP contribution in [0.5, 0.6) is 5.75 Å². The van der Waals surface area contributed by atoms with Crippen LogP contribution in [-0.2, 0) is 6.54 Å². The van der Waals surface area contributed by atoms with Crippen LogP contribution in [0, 0.1) is 0 Å². The summed E-state index contributed by atoms with van der Waals surface area (Å²) in [4.78, 5) is 23.9. The normalized spacial score (nSPS) is 16.0. The van der Waals surface area contributed by atoms with E-state index in [1.807, 2.05) is 53.4 Å². The number of hydrogen-bond acceptors (Lipinski definition) is 5. The number of rotatable bonds is 5. The van der Waals surface area contributed by atoms with Crippen LogP contribution in [0.1, 0.15) is 18.0 Å². The molecule has 158 valence electrons. The highest BCUT2D eigenvalue weighted by Gasteiger charge is 2.31. The van der Waals surface area contributed by atoms with Crippen molar-refractivity contribution in [2.24, 2.45) is 0 Å². The van der Waals surface area contributed by atoms with Gasteiger partial charge in [0.2, 0.25) is 0 Å². The molecule has 1 saturated heterocycles. The predicted octanol–water partition coefficient (Wildman–Crippen LogP) is 3.86. The summed E-state index contributed by atoms with van der Waals surface area (Å²) in [6, 6.07) is 15.2. The number of methoxy groups -OCH3 is 1. The van der Waals surface area contributed by atoms with E-state index in [4.69, 9.17) is 14.1 Å². The second-order valence-electron chi connectivity index (χ2n) is 7.53. The maximum atomic E-state index is 12.8. The smallest absolute Gasteiger partial charge is 0.317 e. The van der Waals surface area contributed by atoms with E-state index in [9.17, 15) is 4.79 Å². The van der Waals surface area contributed by atoms with Gasteiger partial charge in [0.05, 0.1) is 19.4 Å². The number of imidazole rings is 1. The summed E-state index contributed by atoms with van der Waals surface area (Å²) < 4.78 is 13.0. The molecule has 1 aliphatic heterocycles. The maximum Gasteiger partial charge on any atom is 0.317 e. The Labute approximate surface area is 179 Å². The van der Waals surface area contributed by atoms with Crippen molar-refractivity contribution in [3.8, 4) is 17.3 Å². The standard InChI is InChI=1S/C23H23N5O3/c1-30-18-6-2-5-16(13-18)14-25-23(29)27-11-9-17(15-27)28-21-19(7-3-10-24-21)26-22(28)20-8-4-12-31-20/h2-8,10,12-13,17H,9,11,14-15H2,1H3,(H,25,29). The van der Waals surface area contributed by atoms with Crippen molar-refractivity contribution in [3.05, 3.63) is 66.6 Å². The number of ether oxygens (including phenoxy) is 1. The van der Waals surface area contributed by atoms with Gasteiger partial charge in [-0.1, -0.05) is 12.1 Å². The average Bonchev–Trinajstić information content (AvgIpc) is 3.56. The fourth-order valence-corrected chi connectivity index (χ4v) is 4.06. The lowest BCUT2D eigenvalue weighted by molar-refractivity contribution is 0.206. The quantitative estimate of drug-likeness (QED) is 0.533. The van der Waals surface area contributed by atoms with E-state index in [0.717, 1.165) is 34.7 Å². The third-order valence-corrected chi connectivity index (χ3v) is 5.58. The Bertz CT molecular complexity index is 1200. The van der Waals surface area contributed by atoms with Crippen LogP contribution in [0.4, 0.5) is 4.79 Å². The molecule has 0 bridgehead atoms. The van der Waals surface area contributed by atoms with E-state index in [1.165, 1.54) is 0 Å². The van der Waals surface area contributed by atoms with Crippen LogP contribution in [0.2, 0.25) is 0 Å². The van der Waals surface area contributed by atoms with Gasteiger partial charge in [0.1, 0.15) is 11.3 Å². The molecule has 4 heterocycles. The highest BCUT2D eigenvalue weighted by Crippen LogP contribution is 2.32. The van der Waals surface area contributed by atoms with Gasteiger partial charge in [-0.15, -0.1) is 0 Å². The van der Waals surface area contributed by atoms with Crippen LogP contribution < -0.4 is 10.1 Å². The Morgan fingerprint density at radius 1 is 1.26 bits per heavy atom. The minimum atomic E-state index is -0.0813. The fraction of sp³-hybridized carbons (Fsp3) is 0.261. The van der Waals surface area contributed by atoms with Crippen molar-refractivity contribution in [2.75, 3.05) is 20.2 Å². The second kappa shape index (κ2) is 8.14. The molecular formula is C23H23N5O3. The summed E-state index contributed by atoms with van der Waals surface area (Å²) in [5.41, 5.74) is 2.61. The zero-order valence-corrected chi connectivity index (χ0v) is 17.2. The summed E-state index contributed by atoms with van der Waals surface area (Å²) >= 11 is 0. The lowest BCUT2D eigenvalue weighted by atomic mass is 10.2. The molecule has 1 aliphatic rings. The minimum Gasteiger partial charge on any atom is -0.497 e. The molecule has 2 amide bonds. The number of pyridine rings is 1. The lowest BCUT2D eigenvalue weighted by Crippen LogP contribution is -2.38. The van der Waals surface area contributed by atoms with Gasteiger partial charge in [-0.05, 0) is 48.4 Å². The molecule has 0 aliphatic carbocycles. The van der Waals surface area contributed by atoms with Gasteiger partial charge in [0, 0.05) is 25.8 Å². The number of nitrogens with zero attached hydrogens (tertiary/aromatic N) is 4. The first-order valence-corrected chi connectivity index (χ1v) is 10.3. The van der Waals surface area contributed by atoms with E-state index in [-0.39, 0.29) is 12.1 Å². The van der Waals surface area contributed by atoms with Gasteiger partial charge in [0.15, 0.2) is 17.2 Å². The number of urea groups is 1. The Morgan fingerprint density at radius 2 is 2.19 bits per heavy atom. The molecule has 0 radical (unpaired) electrons. The average molecular weight is 417 g/mol. The number of hydrogen-bond donors (Lipinski definition) is 1. The summed E-state index contributed by atoms with van der Waals surface area (Å²) in [7, 11) is 1.63. The number of benzene rings is 1. The number of carbonyl (C=O) groups excluding carboxylic acids is 1. The number of furan rings is 1. The first kappa shape index (κ1) is 19.2. The molecule has 5 rings (SSSR count). The zero-order valence-electron chi connectivity index (χ0n) is 17.2.